The molecule has 1 N–H and O–H groups in total. The minimum absolute atomic E-state index is 0.768. The number of aldehydes is 1. The Morgan fingerprint density at radius 1 is 1.00 bits per heavy atom. The first-order valence-corrected chi connectivity index (χ1v) is 6.33. The predicted molar refractivity (Wildman–Crippen MR) is 74.4 cm³/mol. The van der Waals surface area contributed by atoms with E-state index in [0.717, 1.165) is 43.4 Å². The molecule has 1 aliphatic rings. The number of anilines is 1. The molecule has 92 valence electrons. The molecule has 1 heterocycles. The van der Waals surface area contributed by atoms with E-state index in [4.69, 9.17) is 0 Å². The zero-order valence-electron chi connectivity index (χ0n) is 10.2. The summed E-state index contributed by atoms with van der Waals surface area (Å²) >= 11 is 0. The van der Waals surface area contributed by atoms with Gasteiger partial charge in [-0.2, -0.15) is 0 Å². The van der Waals surface area contributed by atoms with Crippen LogP contribution in [-0.2, 0) is 0 Å². The molecule has 1 aliphatic heterocycles. The molecule has 0 radical (unpaired) electrons. The average molecular weight is 240 g/mol. The Morgan fingerprint density at radius 3 is 2.44 bits per heavy atom. The van der Waals surface area contributed by atoms with Gasteiger partial charge in [-0.1, -0.05) is 24.3 Å². The van der Waals surface area contributed by atoms with E-state index < -0.39 is 0 Å². The maximum absolute atomic E-state index is 11.1. The molecular formula is C15H16N2O. The van der Waals surface area contributed by atoms with Gasteiger partial charge in [-0.25, -0.2) is 0 Å². The SMILES string of the molecule is O=Cc1ccc(N2CCNCC2)c2ccccc12. The number of rotatable bonds is 2. The molecule has 3 rings (SSSR count). The number of carbonyl (C=O) groups excluding carboxylic acids is 1. The molecule has 0 bridgehead atoms. The minimum Gasteiger partial charge on any atom is -0.368 e. The standard InChI is InChI=1S/C15H16N2O/c18-11-12-5-6-15(17-9-7-16-8-10-17)14-4-2-1-3-13(12)14/h1-6,11,16H,7-10H2. The van der Waals surface area contributed by atoms with Crippen LogP contribution in [-0.4, -0.2) is 32.5 Å². The van der Waals surface area contributed by atoms with Gasteiger partial charge in [-0.15, -0.1) is 0 Å². The summed E-state index contributed by atoms with van der Waals surface area (Å²) < 4.78 is 0. The molecule has 0 saturated carbocycles. The van der Waals surface area contributed by atoms with Crippen LogP contribution >= 0.6 is 0 Å². The summed E-state index contributed by atoms with van der Waals surface area (Å²) in [6, 6.07) is 12.1. The third-order valence-corrected chi connectivity index (χ3v) is 3.52. The van der Waals surface area contributed by atoms with E-state index in [1.165, 1.54) is 11.1 Å². The van der Waals surface area contributed by atoms with Crippen molar-refractivity contribution in [3.63, 3.8) is 0 Å². The fourth-order valence-electron chi connectivity index (χ4n) is 2.59. The Hall–Kier alpha value is -1.87. The molecule has 0 amide bonds. The van der Waals surface area contributed by atoms with Gasteiger partial charge in [0.15, 0.2) is 6.29 Å². The van der Waals surface area contributed by atoms with Crippen molar-refractivity contribution in [2.75, 3.05) is 31.1 Å². The molecule has 1 saturated heterocycles. The average Bonchev–Trinajstić information content (AvgIpc) is 2.47. The number of nitrogens with one attached hydrogen (secondary N) is 1. The molecule has 3 heteroatoms. The summed E-state index contributed by atoms with van der Waals surface area (Å²) in [5.74, 6) is 0. The highest BCUT2D eigenvalue weighted by Gasteiger charge is 2.14. The molecule has 0 aromatic heterocycles. The third kappa shape index (κ3) is 1.87. The van der Waals surface area contributed by atoms with Crippen LogP contribution < -0.4 is 10.2 Å². The Bertz CT molecular complexity index is 574. The minimum atomic E-state index is 0.768. The van der Waals surface area contributed by atoms with Crippen LogP contribution in [0.4, 0.5) is 5.69 Å². The smallest absolute Gasteiger partial charge is 0.150 e. The van der Waals surface area contributed by atoms with Gasteiger partial charge < -0.3 is 10.2 Å². The normalized spacial score (nSPS) is 15.9. The lowest BCUT2D eigenvalue weighted by molar-refractivity contribution is 0.112. The number of nitrogens with zero attached hydrogens (tertiary/aromatic N) is 1. The molecule has 18 heavy (non-hydrogen) atoms. The Labute approximate surface area is 106 Å². The third-order valence-electron chi connectivity index (χ3n) is 3.52. The van der Waals surface area contributed by atoms with Crippen molar-refractivity contribution >= 4 is 22.7 Å². The quantitative estimate of drug-likeness (QED) is 0.815. The monoisotopic (exact) mass is 240 g/mol. The zero-order chi connectivity index (χ0) is 12.4. The van der Waals surface area contributed by atoms with Crippen molar-refractivity contribution < 1.29 is 4.79 Å². The summed E-state index contributed by atoms with van der Waals surface area (Å²) in [7, 11) is 0. The molecular weight excluding hydrogens is 224 g/mol. The number of carbonyl (C=O) groups is 1. The Morgan fingerprint density at radius 2 is 1.72 bits per heavy atom. The van der Waals surface area contributed by atoms with Crippen molar-refractivity contribution in [1.29, 1.82) is 0 Å². The Balaban J connectivity index is 2.14. The molecule has 0 aliphatic carbocycles. The van der Waals surface area contributed by atoms with E-state index in [9.17, 15) is 4.79 Å². The van der Waals surface area contributed by atoms with Crippen molar-refractivity contribution in [3.8, 4) is 0 Å². The summed E-state index contributed by atoms with van der Waals surface area (Å²) in [5, 5.41) is 5.57. The molecule has 2 aromatic rings. The fraction of sp³-hybridized carbons (Fsp3) is 0.267. The van der Waals surface area contributed by atoms with Gasteiger partial charge in [0.1, 0.15) is 0 Å². The predicted octanol–water partition coefficient (Wildman–Crippen LogP) is 2.06. The topological polar surface area (TPSA) is 32.3 Å². The van der Waals surface area contributed by atoms with E-state index in [-0.39, 0.29) is 0 Å². The van der Waals surface area contributed by atoms with Crippen molar-refractivity contribution in [1.82, 2.24) is 5.32 Å². The van der Waals surface area contributed by atoms with Gasteiger partial charge in [-0.05, 0) is 17.5 Å². The van der Waals surface area contributed by atoms with Crippen LogP contribution in [0.2, 0.25) is 0 Å². The summed E-state index contributed by atoms with van der Waals surface area (Å²) in [6.45, 7) is 4.07. The van der Waals surface area contributed by atoms with Crippen LogP contribution in [0.1, 0.15) is 10.4 Å². The number of hydrogen-bond acceptors (Lipinski definition) is 3. The zero-order valence-corrected chi connectivity index (χ0v) is 10.2. The first-order chi connectivity index (χ1) is 8.90. The fourth-order valence-corrected chi connectivity index (χ4v) is 2.59. The van der Waals surface area contributed by atoms with Gasteiger partial charge in [0.25, 0.3) is 0 Å². The van der Waals surface area contributed by atoms with Gasteiger partial charge in [0.05, 0.1) is 0 Å². The van der Waals surface area contributed by atoms with Crippen LogP contribution in [0, 0.1) is 0 Å². The number of benzene rings is 2. The number of fused-ring (bicyclic) bond motifs is 1. The van der Waals surface area contributed by atoms with Crippen molar-refractivity contribution in [3.05, 3.63) is 42.0 Å². The van der Waals surface area contributed by atoms with E-state index in [1.807, 2.05) is 24.3 Å². The van der Waals surface area contributed by atoms with E-state index in [0.29, 0.717) is 0 Å². The lowest BCUT2D eigenvalue weighted by Crippen LogP contribution is -2.43. The van der Waals surface area contributed by atoms with Crippen molar-refractivity contribution in [2.45, 2.75) is 0 Å². The van der Waals surface area contributed by atoms with E-state index >= 15 is 0 Å². The maximum Gasteiger partial charge on any atom is 0.150 e. The maximum atomic E-state index is 11.1. The Kier molecular flexibility index (Phi) is 2.99. The highest BCUT2D eigenvalue weighted by molar-refractivity contribution is 6.04. The van der Waals surface area contributed by atoms with Crippen LogP contribution in [0.15, 0.2) is 36.4 Å². The van der Waals surface area contributed by atoms with E-state index in [1.54, 1.807) is 0 Å². The summed E-state index contributed by atoms with van der Waals surface area (Å²) in [4.78, 5) is 13.5. The first kappa shape index (κ1) is 11.2. The van der Waals surface area contributed by atoms with Gasteiger partial charge in [-0.3, -0.25) is 4.79 Å². The lowest BCUT2D eigenvalue weighted by atomic mass is 10.0. The highest BCUT2D eigenvalue weighted by atomic mass is 16.1. The van der Waals surface area contributed by atoms with Crippen LogP contribution in [0.25, 0.3) is 10.8 Å². The second-order valence-electron chi connectivity index (χ2n) is 4.57. The molecule has 0 spiro atoms. The lowest BCUT2D eigenvalue weighted by Gasteiger charge is -2.30. The largest absolute Gasteiger partial charge is 0.368 e. The second-order valence-corrected chi connectivity index (χ2v) is 4.57. The molecule has 2 aromatic carbocycles. The summed E-state index contributed by atoms with van der Waals surface area (Å²) in [6.07, 6.45) is 0.934. The van der Waals surface area contributed by atoms with Crippen LogP contribution in [0.3, 0.4) is 0 Å². The number of hydrogen-bond donors (Lipinski definition) is 1. The molecule has 0 atom stereocenters. The second kappa shape index (κ2) is 4.78. The highest BCUT2D eigenvalue weighted by Crippen LogP contribution is 2.29. The molecule has 1 fully saturated rings. The molecule has 3 nitrogen and oxygen atoms in total. The first-order valence-electron chi connectivity index (χ1n) is 6.33. The van der Waals surface area contributed by atoms with Crippen molar-refractivity contribution in [2.24, 2.45) is 0 Å². The van der Waals surface area contributed by atoms with E-state index in [2.05, 4.69) is 22.3 Å². The van der Waals surface area contributed by atoms with Gasteiger partial charge >= 0.3 is 0 Å². The summed E-state index contributed by atoms with van der Waals surface area (Å²) in [5.41, 5.74) is 2.00. The molecule has 0 unspecified atom stereocenters. The number of piperazine rings is 1. The van der Waals surface area contributed by atoms with Gasteiger partial charge in [0.2, 0.25) is 0 Å². The van der Waals surface area contributed by atoms with Gasteiger partial charge in [0, 0.05) is 42.8 Å². The van der Waals surface area contributed by atoms with Crippen LogP contribution in [0.5, 0.6) is 0 Å².